The zero-order chi connectivity index (χ0) is 4.50. The van der Waals surface area contributed by atoms with Crippen molar-refractivity contribution in [1.82, 2.24) is 0 Å². The minimum absolute atomic E-state index is 0. The van der Waals surface area contributed by atoms with E-state index in [1.165, 1.54) is 0 Å². The standard InChI is InChI=1S/2Na.H2O4S.80H2O/c;;1-5(2,3)4;;;;;;;;;;;;;;;;;;;;;;;;;;;;;;;;;;;;;;;;;;;;;;;;;;;;;;;;;;;;;;;;;;;;;;;;;;;;;;;;/h;;(H2,1,2,3,4);80*1H2/q2*+1;;;;;;;;;;;;;;;;;;;;;;;;;;;;;;;;;;;;;;;;;;;;;;;;;;;;;;;;;;;;;;;;;;;;;;;;;;;;;;;;;/p-2. The smallest absolute Gasteiger partial charge is 0.759 e. The van der Waals surface area contributed by atoms with Gasteiger partial charge in [0.1, 0.15) is 0 Å². The van der Waals surface area contributed by atoms with Crippen LogP contribution in [0.5, 0.6) is 0 Å². The predicted octanol–water partition coefficient (Wildman–Crippen LogP) is -73.3. The monoisotopic (exact) mass is 1580 g/mol. The summed E-state index contributed by atoms with van der Waals surface area (Å²) in [5.41, 5.74) is 0. The Morgan fingerprint density at radius 1 is 0.0920 bits per heavy atom. The third-order valence-electron chi connectivity index (χ3n) is 0. The van der Waals surface area contributed by atoms with Gasteiger partial charge in [-0.05, 0) is 0 Å². The first kappa shape index (κ1) is 86200. The second-order valence-electron chi connectivity index (χ2n) is 0.408. The maximum absolute atomic E-state index is 8.52. The van der Waals surface area contributed by atoms with E-state index in [4.69, 9.17) is 17.5 Å². The predicted molar refractivity (Wildman–Crippen MR) is 300 cm³/mol. The van der Waals surface area contributed by atoms with Crippen LogP contribution in [0, 0.1) is 0 Å². The maximum atomic E-state index is 8.52. The second-order valence-corrected chi connectivity index (χ2v) is 1.22. The summed E-state index contributed by atoms with van der Waals surface area (Å²) < 4.78 is 34.1. The zero-order valence-corrected chi connectivity index (χ0v) is 48.9. The topological polar surface area (TPSA) is 2600 Å². The first-order valence-corrected chi connectivity index (χ1v) is 2.00. The summed E-state index contributed by atoms with van der Waals surface area (Å²) in [7, 11) is -5.17. The van der Waals surface area contributed by atoms with E-state index in [0.717, 1.165) is 0 Å². The number of hydrogen-bond acceptors (Lipinski definition) is 4. The minimum Gasteiger partial charge on any atom is -0.759 e. The Labute approximate surface area is 524 Å². The van der Waals surface area contributed by atoms with Gasteiger partial charge in [-0.15, -0.1) is 0 Å². The van der Waals surface area contributed by atoms with Crippen LogP contribution in [-0.4, -0.2) is 456 Å². The molecule has 0 aliphatic carbocycles. The number of rotatable bonds is 0. The van der Waals surface area contributed by atoms with Crippen molar-refractivity contribution in [3.05, 3.63) is 0 Å². The van der Waals surface area contributed by atoms with E-state index >= 15 is 0 Å². The summed E-state index contributed by atoms with van der Waals surface area (Å²) in [6.07, 6.45) is 0. The molecule has 0 aliphatic rings. The molecule has 0 heterocycles. The Kier molecular flexibility index (Phi) is 26900000. The van der Waals surface area contributed by atoms with E-state index in [1.54, 1.807) is 0 Å². The van der Waals surface area contributed by atoms with Crippen molar-refractivity contribution in [2.45, 2.75) is 0 Å². The van der Waals surface area contributed by atoms with E-state index in [2.05, 4.69) is 0 Å². The molecule has 0 saturated carbocycles. The van der Waals surface area contributed by atoms with E-state index in [0.29, 0.717) is 0 Å². The van der Waals surface area contributed by atoms with Crippen LogP contribution in [0.4, 0.5) is 0 Å². The van der Waals surface area contributed by atoms with Crippen molar-refractivity contribution in [1.29, 1.82) is 0 Å². The SMILES string of the molecule is O.O.O.O.O.O.O.O.O.O.O.O.O.O.O.O.O.O.O.O.O.O.O.O.O.O.O.O.O.O.O.O.O.O.O.O.O.O.O.O.O.O.O.O.O.O.O.O.O.O.O.O.O.O.O.O.O.O.O.O.O.O.O.O.O.O.O.O.O.O.O.O.O.O.O.O.O.O.O.O.O=S(=O)([O-])[O-].[Na+].[Na+]. The molecule has 0 aromatic heterocycles. The van der Waals surface area contributed by atoms with Crippen LogP contribution < -0.4 is 59.1 Å². The van der Waals surface area contributed by atoms with Crippen molar-refractivity contribution < 1.29 is 515 Å². The average Bonchev–Trinajstić information content (AvgIpc) is 0.722. The Morgan fingerprint density at radius 3 is 0.0920 bits per heavy atom. The maximum Gasteiger partial charge on any atom is 1.00 e. The number of hydrogen-bond donors (Lipinski definition) is 0. The van der Waals surface area contributed by atoms with Crippen molar-refractivity contribution in [3.8, 4) is 0 Å². The normalized spacial score (nSPS) is 0.667. The fourth-order valence-electron chi connectivity index (χ4n) is 0. The zero-order valence-electron chi connectivity index (χ0n) is 44.0. The summed E-state index contributed by atoms with van der Waals surface area (Å²) in [6.45, 7) is 0. The van der Waals surface area contributed by atoms with E-state index in [-0.39, 0.29) is 497 Å². The molecule has 87 heavy (non-hydrogen) atoms. The van der Waals surface area contributed by atoms with Crippen LogP contribution in [0.2, 0.25) is 0 Å². The van der Waals surface area contributed by atoms with Crippen LogP contribution in [0.25, 0.3) is 0 Å². The van der Waals surface area contributed by atoms with Gasteiger partial charge in [-0.25, -0.2) is 0 Å². The summed E-state index contributed by atoms with van der Waals surface area (Å²) in [6, 6.07) is 0. The molecule has 160 N–H and O–H groups in total. The molecular weight excluding hydrogens is 1420 g/mol. The molecule has 0 aromatic carbocycles. The van der Waals surface area contributed by atoms with Gasteiger partial charge in [0.25, 0.3) is 0 Å². The fourth-order valence-corrected chi connectivity index (χ4v) is 0. The van der Waals surface area contributed by atoms with Crippen LogP contribution in [-0.2, 0) is 10.4 Å². The first-order chi connectivity index (χ1) is 2.00. The minimum atomic E-state index is -5.17. The third-order valence-corrected chi connectivity index (χ3v) is 0. The second kappa shape index (κ2) is 27200. The molecule has 0 spiro atoms. The molecule has 0 amide bonds. The summed E-state index contributed by atoms with van der Waals surface area (Å²) in [4.78, 5) is 0. The van der Waals surface area contributed by atoms with Crippen LogP contribution >= 0.6 is 0 Å². The molecule has 0 radical (unpaired) electrons. The fraction of sp³-hybridized carbons (Fsp3) is 0. The van der Waals surface area contributed by atoms with Crippen molar-refractivity contribution in [2.75, 3.05) is 0 Å². The third kappa shape index (κ3) is 327000. The molecular formula is H160Na2O84S. The van der Waals surface area contributed by atoms with Gasteiger partial charge in [0.15, 0.2) is 0 Å². The molecule has 0 rings (SSSR count). The van der Waals surface area contributed by atoms with Gasteiger partial charge in [0.2, 0.25) is 0 Å². The van der Waals surface area contributed by atoms with Gasteiger partial charge < -0.3 is 447 Å². The molecule has 672 valence electrons. The Bertz CT molecular complexity index is 105. The molecule has 0 atom stereocenters. The molecule has 0 unspecified atom stereocenters. The van der Waals surface area contributed by atoms with Gasteiger partial charge in [-0.1, -0.05) is 0 Å². The summed E-state index contributed by atoms with van der Waals surface area (Å²) in [5, 5.41) is 0. The summed E-state index contributed by atoms with van der Waals surface area (Å²) >= 11 is 0. The molecule has 0 bridgehead atoms. The molecule has 0 fully saturated rings. The summed E-state index contributed by atoms with van der Waals surface area (Å²) in [5.74, 6) is 0. The average molecular weight is 1580 g/mol. The Balaban J connectivity index is -0.0000000000241. The van der Waals surface area contributed by atoms with Crippen LogP contribution in [0.15, 0.2) is 0 Å². The quantitative estimate of drug-likeness (QED) is 0.130. The van der Waals surface area contributed by atoms with Crippen LogP contribution in [0.3, 0.4) is 0 Å². The first-order valence-electron chi connectivity index (χ1n) is 0.667. The van der Waals surface area contributed by atoms with Crippen LogP contribution in [0.1, 0.15) is 0 Å². The molecule has 0 aliphatic heterocycles. The van der Waals surface area contributed by atoms with Gasteiger partial charge in [0, 0.05) is 10.4 Å². The van der Waals surface area contributed by atoms with E-state index < -0.39 is 10.4 Å². The van der Waals surface area contributed by atoms with E-state index in [9.17, 15) is 0 Å². The van der Waals surface area contributed by atoms with Gasteiger partial charge in [-0.2, -0.15) is 0 Å². The molecule has 0 aromatic rings. The van der Waals surface area contributed by atoms with Crippen molar-refractivity contribution in [3.63, 3.8) is 0 Å². The largest absolute Gasteiger partial charge is 1.00 e. The van der Waals surface area contributed by atoms with Crippen molar-refractivity contribution >= 4 is 10.4 Å². The Morgan fingerprint density at radius 2 is 0.0920 bits per heavy atom. The Hall–Kier alpha value is -1.33. The van der Waals surface area contributed by atoms with Gasteiger partial charge in [-0.3, -0.25) is 8.42 Å². The molecule has 87 heteroatoms. The molecule has 84 nitrogen and oxygen atoms in total. The van der Waals surface area contributed by atoms with Gasteiger partial charge >= 0.3 is 59.1 Å². The van der Waals surface area contributed by atoms with Crippen molar-refractivity contribution in [2.24, 2.45) is 0 Å². The van der Waals surface area contributed by atoms with E-state index in [1.807, 2.05) is 0 Å². The van der Waals surface area contributed by atoms with Gasteiger partial charge in [0.05, 0.1) is 0 Å². The molecule has 0 saturated heterocycles.